The normalized spacial score (nSPS) is 10.7. The van der Waals surface area contributed by atoms with Gasteiger partial charge in [-0.3, -0.25) is 19.5 Å². The quantitative estimate of drug-likeness (QED) is 0.540. The number of aromatic nitrogens is 3. The Balaban J connectivity index is 1.89. The molecule has 3 aromatic rings. The summed E-state index contributed by atoms with van der Waals surface area (Å²) in [4.78, 5) is 26.2. The lowest BCUT2D eigenvalue weighted by Crippen LogP contribution is -2.19. The van der Waals surface area contributed by atoms with E-state index in [1.165, 1.54) is 0 Å². The Morgan fingerprint density at radius 2 is 2.13 bits per heavy atom. The molecule has 116 valence electrons. The monoisotopic (exact) mass is 312 g/mol. The summed E-state index contributed by atoms with van der Waals surface area (Å²) in [7, 11) is 0. The molecule has 0 saturated carbocycles. The smallest absolute Gasteiger partial charge is 0.285 e. The molecule has 0 N–H and O–H groups in total. The van der Waals surface area contributed by atoms with E-state index in [2.05, 4.69) is 10.1 Å². The van der Waals surface area contributed by atoms with Gasteiger partial charge in [-0.2, -0.15) is 4.98 Å². The lowest BCUT2D eigenvalue weighted by Gasteiger charge is -2.00. The number of benzene rings is 1. The van der Waals surface area contributed by atoms with Crippen LogP contribution in [0, 0.1) is 17.0 Å². The van der Waals surface area contributed by atoms with E-state index < -0.39 is 4.92 Å². The van der Waals surface area contributed by atoms with Crippen molar-refractivity contribution in [1.29, 1.82) is 0 Å². The van der Waals surface area contributed by atoms with Gasteiger partial charge < -0.3 is 4.52 Å². The SMILES string of the molecule is Cc1cccc(-c2noc(Cn3cc([N+](=O)[O-])ccc3=O)n2)c1. The molecule has 0 radical (unpaired) electrons. The summed E-state index contributed by atoms with van der Waals surface area (Å²) < 4.78 is 6.29. The molecule has 1 aromatic carbocycles. The average molecular weight is 312 g/mol. The zero-order valence-electron chi connectivity index (χ0n) is 12.2. The molecule has 8 nitrogen and oxygen atoms in total. The molecule has 8 heteroatoms. The Morgan fingerprint density at radius 1 is 1.30 bits per heavy atom. The van der Waals surface area contributed by atoms with E-state index >= 15 is 0 Å². The Hall–Kier alpha value is -3.29. The van der Waals surface area contributed by atoms with Gasteiger partial charge in [0.15, 0.2) is 0 Å². The number of pyridine rings is 1. The molecule has 0 aliphatic rings. The van der Waals surface area contributed by atoms with Gasteiger partial charge in [0.2, 0.25) is 11.7 Å². The molecular formula is C15H12N4O4. The molecular weight excluding hydrogens is 300 g/mol. The van der Waals surface area contributed by atoms with Crippen LogP contribution < -0.4 is 5.56 Å². The minimum atomic E-state index is -0.568. The number of nitro groups is 1. The van der Waals surface area contributed by atoms with Crippen LogP contribution in [0.15, 0.2) is 51.9 Å². The lowest BCUT2D eigenvalue weighted by atomic mass is 10.1. The van der Waals surface area contributed by atoms with Crippen molar-refractivity contribution in [3.05, 3.63) is 74.5 Å². The van der Waals surface area contributed by atoms with E-state index in [1.807, 2.05) is 31.2 Å². The van der Waals surface area contributed by atoms with Crippen LogP contribution >= 0.6 is 0 Å². The van der Waals surface area contributed by atoms with Crippen LogP contribution in [0.5, 0.6) is 0 Å². The summed E-state index contributed by atoms with van der Waals surface area (Å²) in [5.74, 6) is 0.603. The lowest BCUT2D eigenvalue weighted by molar-refractivity contribution is -0.385. The first-order chi connectivity index (χ1) is 11.0. The maximum Gasteiger partial charge on any atom is 0.285 e. The second kappa shape index (κ2) is 5.84. The standard InChI is InChI=1S/C15H12N4O4/c1-10-3-2-4-11(7-10)15-16-13(23-17-15)9-18-8-12(19(21)22)5-6-14(18)20/h2-8H,9H2,1H3. The zero-order chi connectivity index (χ0) is 16.4. The topological polar surface area (TPSA) is 104 Å². The minimum absolute atomic E-state index is 0.0284. The van der Waals surface area contributed by atoms with Crippen molar-refractivity contribution in [3.8, 4) is 11.4 Å². The van der Waals surface area contributed by atoms with Crippen molar-refractivity contribution in [2.24, 2.45) is 0 Å². The number of nitrogens with zero attached hydrogens (tertiary/aromatic N) is 4. The van der Waals surface area contributed by atoms with E-state index in [-0.39, 0.29) is 23.7 Å². The van der Waals surface area contributed by atoms with Gasteiger partial charge in [-0.15, -0.1) is 0 Å². The fourth-order valence-electron chi connectivity index (χ4n) is 2.12. The Labute approximate surface area is 130 Å². The van der Waals surface area contributed by atoms with Crippen molar-refractivity contribution in [3.63, 3.8) is 0 Å². The van der Waals surface area contributed by atoms with Crippen LogP contribution in [0.25, 0.3) is 11.4 Å². The molecule has 0 aliphatic heterocycles. The van der Waals surface area contributed by atoms with Crippen molar-refractivity contribution in [2.45, 2.75) is 13.5 Å². The second-order valence-electron chi connectivity index (χ2n) is 4.99. The van der Waals surface area contributed by atoms with Crippen LogP contribution in [-0.4, -0.2) is 19.6 Å². The van der Waals surface area contributed by atoms with Crippen LogP contribution in [-0.2, 0) is 6.54 Å². The number of hydrogen-bond donors (Lipinski definition) is 0. The first-order valence-corrected chi connectivity index (χ1v) is 6.77. The van der Waals surface area contributed by atoms with Gasteiger partial charge >= 0.3 is 0 Å². The molecule has 0 bridgehead atoms. The predicted octanol–water partition coefficient (Wildman–Crippen LogP) is 2.16. The van der Waals surface area contributed by atoms with Gasteiger partial charge in [0, 0.05) is 17.7 Å². The van der Waals surface area contributed by atoms with Crippen molar-refractivity contribution >= 4 is 5.69 Å². The largest absolute Gasteiger partial charge is 0.337 e. The first kappa shape index (κ1) is 14.6. The second-order valence-corrected chi connectivity index (χ2v) is 4.99. The van der Waals surface area contributed by atoms with Crippen LogP contribution in [0.2, 0.25) is 0 Å². The Bertz CT molecular complexity index is 929. The summed E-state index contributed by atoms with van der Waals surface area (Å²) in [5.41, 5.74) is 1.30. The molecule has 2 heterocycles. The summed E-state index contributed by atoms with van der Waals surface area (Å²) >= 11 is 0. The molecule has 0 spiro atoms. The highest BCUT2D eigenvalue weighted by Crippen LogP contribution is 2.17. The maximum absolute atomic E-state index is 11.8. The molecule has 0 atom stereocenters. The fraction of sp³-hybridized carbons (Fsp3) is 0.133. The number of hydrogen-bond acceptors (Lipinski definition) is 6. The minimum Gasteiger partial charge on any atom is -0.337 e. The van der Waals surface area contributed by atoms with Gasteiger partial charge in [0.05, 0.1) is 11.1 Å². The van der Waals surface area contributed by atoms with Crippen molar-refractivity contribution < 1.29 is 9.45 Å². The first-order valence-electron chi connectivity index (χ1n) is 6.77. The number of aryl methyl sites for hydroxylation is 1. The summed E-state index contributed by atoms with van der Waals surface area (Å²) in [5, 5.41) is 14.7. The average Bonchev–Trinajstić information content (AvgIpc) is 2.98. The van der Waals surface area contributed by atoms with Crippen LogP contribution in [0.4, 0.5) is 5.69 Å². The Kier molecular flexibility index (Phi) is 3.71. The molecule has 0 saturated heterocycles. The van der Waals surface area contributed by atoms with E-state index in [1.54, 1.807) is 0 Å². The summed E-state index contributed by atoms with van der Waals surface area (Å²) in [6, 6.07) is 9.88. The Morgan fingerprint density at radius 3 is 2.87 bits per heavy atom. The third-order valence-electron chi connectivity index (χ3n) is 3.23. The zero-order valence-corrected chi connectivity index (χ0v) is 12.2. The van der Waals surface area contributed by atoms with E-state index in [4.69, 9.17) is 4.52 Å². The maximum atomic E-state index is 11.8. The fourth-order valence-corrected chi connectivity index (χ4v) is 2.12. The highest BCUT2D eigenvalue weighted by atomic mass is 16.6. The molecule has 0 amide bonds. The molecule has 3 rings (SSSR count). The summed E-state index contributed by atoms with van der Waals surface area (Å²) in [6.07, 6.45) is 1.15. The van der Waals surface area contributed by atoms with Gasteiger partial charge in [-0.05, 0) is 13.0 Å². The molecule has 23 heavy (non-hydrogen) atoms. The molecule has 0 aliphatic carbocycles. The predicted molar refractivity (Wildman–Crippen MR) is 80.9 cm³/mol. The van der Waals surface area contributed by atoms with Gasteiger partial charge in [0.25, 0.3) is 11.2 Å². The van der Waals surface area contributed by atoms with Gasteiger partial charge in [-0.25, -0.2) is 0 Å². The molecule has 2 aromatic heterocycles. The highest BCUT2D eigenvalue weighted by Gasteiger charge is 2.12. The van der Waals surface area contributed by atoms with Gasteiger partial charge in [0.1, 0.15) is 6.54 Å². The third-order valence-corrected chi connectivity index (χ3v) is 3.23. The van der Waals surface area contributed by atoms with Gasteiger partial charge in [-0.1, -0.05) is 28.9 Å². The highest BCUT2D eigenvalue weighted by molar-refractivity contribution is 5.55. The van der Waals surface area contributed by atoms with Crippen LogP contribution in [0.3, 0.4) is 0 Å². The van der Waals surface area contributed by atoms with Crippen molar-refractivity contribution in [1.82, 2.24) is 14.7 Å². The number of rotatable bonds is 4. The molecule has 0 unspecified atom stereocenters. The summed E-state index contributed by atoms with van der Waals surface area (Å²) in [6.45, 7) is 1.92. The van der Waals surface area contributed by atoms with Crippen LogP contribution in [0.1, 0.15) is 11.5 Å². The van der Waals surface area contributed by atoms with E-state index in [0.717, 1.165) is 34.0 Å². The van der Waals surface area contributed by atoms with Crippen molar-refractivity contribution in [2.75, 3.05) is 0 Å². The van der Waals surface area contributed by atoms with E-state index in [9.17, 15) is 14.9 Å². The third kappa shape index (κ3) is 3.15. The van der Waals surface area contributed by atoms with E-state index in [0.29, 0.717) is 5.82 Å². The molecule has 0 fully saturated rings.